The Balaban J connectivity index is -0.000000500. The van der Waals surface area contributed by atoms with E-state index in [1.165, 1.54) is 0 Å². The van der Waals surface area contributed by atoms with Crippen molar-refractivity contribution in [3.05, 3.63) is 12.9 Å². The second-order valence-corrected chi connectivity index (χ2v) is 1.49. The average molecular weight is 352 g/mol. The van der Waals surface area contributed by atoms with Gasteiger partial charge in [-0.3, -0.25) is 0 Å². The summed E-state index contributed by atoms with van der Waals surface area (Å²) >= 11 is 0. The van der Waals surface area contributed by atoms with E-state index in [9.17, 15) is 17.6 Å². The first-order valence-electron chi connectivity index (χ1n) is 2.62. The van der Waals surface area contributed by atoms with Crippen molar-refractivity contribution >= 4 is 0 Å². The van der Waals surface area contributed by atoms with Crippen molar-refractivity contribution in [3.8, 4) is 0 Å². The van der Waals surface area contributed by atoms with Crippen LogP contribution in [0.1, 0.15) is 0 Å². The molecule has 0 heterocycles. The summed E-state index contributed by atoms with van der Waals surface area (Å²) in [5.41, 5.74) is 0. The third-order valence-corrected chi connectivity index (χ3v) is 0.589. The minimum Gasteiger partial charge on any atom is -0.419 e. The van der Waals surface area contributed by atoms with E-state index in [1.807, 2.05) is 0 Å². The normalized spacial score (nSPS) is 9.69. The molecular formula is C5H6F4O2Y2-2. The van der Waals surface area contributed by atoms with Crippen molar-refractivity contribution in [3.63, 3.8) is 0 Å². The van der Waals surface area contributed by atoms with E-state index < -0.39 is 32.9 Å². The Morgan fingerprint density at radius 3 is 1.31 bits per heavy atom. The molecule has 0 aromatic rings. The van der Waals surface area contributed by atoms with Crippen LogP contribution >= 0.6 is 0 Å². The minimum atomic E-state index is -1.92. The minimum absolute atomic E-state index is 0. The molecule has 2 radical (unpaired) electrons. The van der Waals surface area contributed by atoms with Crippen molar-refractivity contribution in [1.82, 2.24) is 0 Å². The molecule has 0 fully saturated rings. The van der Waals surface area contributed by atoms with Gasteiger partial charge in [0.15, 0.2) is 0 Å². The molecule has 74 valence electrons. The molecule has 0 saturated carbocycles. The van der Waals surface area contributed by atoms with Gasteiger partial charge in [-0.1, -0.05) is 0 Å². The third-order valence-electron chi connectivity index (χ3n) is 0.589. The van der Waals surface area contributed by atoms with Gasteiger partial charge in [0.2, 0.25) is 0 Å². The van der Waals surface area contributed by atoms with Gasteiger partial charge in [0.05, 0.1) is 0 Å². The standard InChI is InChI=1S/C5H6F4O2.2Y/c6-4(7)1-10-3-11-2-5(8)9;;/h1-3H2;;/q-2;;. The van der Waals surface area contributed by atoms with E-state index in [-0.39, 0.29) is 65.4 Å². The second kappa shape index (κ2) is 13.8. The van der Waals surface area contributed by atoms with Gasteiger partial charge in [0.1, 0.15) is 6.79 Å². The fourth-order valence-electron chi connectivity index (χ4n) is 0.297. The van der Waals surface area contributed by atoms with Gasteiger partial charge >= 0.3 is 0 Å². The molecule has 0 unspecified atom stereocenters. The third kappa shape index (κ3) is 20.0. The van der Waals surface area contributed by atoms with Crippen LogP contribution in [0.5, 0.6) is 0 Å². The molecule has 13 heavy (non-hydrogen) atoms. The van der Waals surface area contributed by atoms with Gasteiger partial charge in [-0.15, -0.1) is 0 Å². The van der Waals surface area contributed by atoms with Crippen molar-refractivity contribution in [1.29, 1.82) is 0 Å². The van der Waals surface area contributed by atoms with Gasteiger partial charge in [0, 0.05) is 78.3 Å². The summed E-state index contributed by atoms with van der Waals surface area (Å²) in [5, 5.41) is 0. The molecule has 0 aromatic carbocycles. The SMILES string of the molecule is F[C-](F)COCOC[C-](F)F.[Y].[Y]. The van der Waals surface area contributed by atoms with Crippen LogP contribution in [0, 0.1) is 12.9 Å². The maximum atomic E-state index is 11.2. The molecule has 0 rings (SSSR count). The molecule has 0 atom stereocenters. The molecule has 0 amide bonds. The van der Waals surface area contributed by atoms with Gasteiger partial charge < -0.3 is 27.0 Å². The smallest absolute Gasteiger partial charge is 0.140 e. The zero-order valence-corrected chi connectivity index (χ0v) is 12.3. The van der Waals surface area contributed by atoms with Gasteiger partial charge in [-0.25, -0.2) is 0 Å². The Morgan fingerprint density at radius 2 is 1.08 bits per heavy atom. The Kier molecular flexibility index (Phi) is 21.6. The summed E-state index contributed by atoms with van der Waals surface area (Å²) in [6.07, 6.45) is -3.84. The number of hydrogen-bond acceptors (Lipinski definition) is 2. The topological polar surface area (TPSA) is 18.5 Å². The number of ether oxygens (including phenoxy) is 2. The molecule has 0 aliphatic carbocycles. The average Bonchev–Trinajstić information content (AvgIpc) is 1.85. The fraction of sp³-hybridized carbons (Fsp3) is 0.600. The monoisotopic (exact) mass is 352 g/mol. The van der Waals surface area contributed by atoms with Crippen LogP contribution < -0.4 is 0 Å². The maximum Gasteiger partial charge on any atom is 0.140 e. The van der Waals surface area contributed by atoms with Crippen LogP contribution in [0.4, 0.5) is 17.6 Å². The predicted molar refractivity (Wildman–Crippen MR) is 27.7 cm³/mol. The summed E-state index contributed by atoms with van der Waals surface area (Å²) in [5.74, 6) is 0. The van der Waals surface area contributed by atoms with E-state index in [0.29, 0.717) is 0 Å². The van der Waals surface area contributed by atoms with Crippen LogP contribution in [0.25, 0.3) is 0 Å². The molecular weight excluding hydrogens is 346 g/mol. The molecule has 0 aliphatic heterocycles. The van der Waals surface area contributed by atoms with E-state index in [1.54, 1.807) is 0 Å². The van der Waals surface area contributed by atoms with Crippen LogP contribution in [0.15, 0.2) is 0 Å². The van der Waals surface area contributed by atoms with Crippen LogP contribution in [-0.4, -0.2) is 20.0 Å². The summed E-state index contributed by atoms with van der Waals surface area (Å²) in [6, 6.07) is 0. The predicted octanol–water partition coefficient (Wildman–Crippen LogP) is 1.83. The molecule has 2 nitrogen and oxygen atoms in total. The first kappa shape index (κ1) is 20.3. The first-order valence-corrected chi connectivity index (χ1v) is 2.62. The van der Waals surface area contributed by atoms with E-state index in [2.05, 4.69) is 9.47 Å². The van der Waals surface area contributed by atoms with Crippen molar-refractivity contribution < 1.29 is 92.5 Å². The zero-order valence-electron chi connectivity index (χ0n) is 6.60. The van der Waals surface area contributed by atoms with E-state index in [4.69, 9.17) is 0 Å². The van der Waals surface area contributed by atoms with E-state index in [0.717, 1.165) is 0 Å². The zero-order chi connectivity index (χ0) is 8.69. The molecule has 0 saturated heterocycles. The maximum absolute atomic E-state index is 11.2. The van der Waals surface area contributed by atoms with Crippen molar-refractivity contribution in [2.24, 2.45) is 0 Å². The van der Waals surface area contributed by atoms with Crippen LogP contribution in [0.2, 0.25) is 0 Å². The summed E-state index contributed by atoms with van der Waals surface area (Å²) < 4.78 is 53.0. The Labute approximate surface area is 124 Å². The Hall–Kier alpha value is 1.85. The van der Waals surface area contributed by atoms with Crippen molar-refractivity contribution in [2.75, 3.05) is 20.0 Å². The summed E-state index contributed by atoms with van der Waals surface area (Å²) in [4.78, 5) is 0. The molecule has 0 aliphatic rings. The van der Waals surface area contributed by atoms with Crippen LogP contribution in [0.3, 0.4) is 0 Å². The number of hydrogen-bond donors (Lipinski definition) is 0. The van der Waals surface area contributed by atoms with Gasteiger partial charge in [0.25, 0.3) is 0 Å². The molecule has 0 aromatic heterocycles. The fourth-order valence-corrected chi connectivity index (χ4v) is 0.297. The molecule has 8 heteroatoms. The van der Waals surface area contributed by atoms with Gasteiger partial charge in [-0.05, 0) is 13.2 Å². The largest absolute Gasteiger partial charge is 0.419 e. The summed E-state index contributed by atoms with van der Waals surface area (Å²) in [6.45, 7) is -2.32. The molecule has 0 bridgehead atoms. The van der Waals surface area contributed by atoms with Gasteiger partial charge in [-0.2, -0.15) is 0 Å². The molecule has 0 N–H and O–H groups in total. The summed E-state index contributed by atoms with van der Waals surface area (Å²) in [7, 11) is 0. The Bertz CT molecular complexity index is 86.6. The second-order valence-electron chi connectivity index (χ2n) is 1.49. The number of halogens is 4. The first-order chi connectivity index (χ1) is 5.13. The number of rotatable bonds is 6. The van der Waals surface area contributed by atoms with Crippen LogP contribution in [-0.2, 0) is 74.9 Å². The Morgan fingerprint density at radius 1 is 0.769 bits per heavy atom. The van der Waals surface area contributed by atoms with E-state index >= 15 is 0 Å². The van der Waals surface area contributed by atoms with Crippen molar-refractivity contribution in [2.45, 2.75) is 0 Å². The quantitative estimate of drug-likeness (QED) is 0.314. The molecule has 0 spiro atoms.